The zero-order valence-corrected chi connectivity index (χ0v) is 12.7. The van der Waals surface area contributed by atoms with Crippen molar-refractivity contribution in [3.63, 3.8) is 0 Å². The zero-order chi connectivity index (χ0) is 13.0. The molecule has 0 aromatic carbocycles. The summed E-state index contributed by atoms with van der Waals surface area (Å²) in [7, 11) is 0. The summed E-state index contributed by atoms with van der Waals surface area (Å²) in [4.78, 5) is 2.69. The van der Waals surface area contributed by atoms with E-state index in [9.17, 15) is 0 Å². The van der Waals surface area contributed by atoms with Crippen LogP contribution in [0.3, 0.4) is 0 Å². The van der Waals surface area contributed by atoms with Crippen LogP contribution in [-0.4, -0.2) is 37.1 Å². The van der Waals surface area contributed by atoms with Gasteiger partial charge in [0.1, 0.15) is 0 Å². The molecule has 2 fully saturated rings. The van der Waals surface area contributed by atoms with Crippen molar-refractivity contribution in [2.45, 2.75) is 65.3 Å². The Morgan fingerprint density at radius 3 is 2.39 bits per heavy atom. The molecule has 106 valence electrons. The third kappa shape index (κ3) is 4.24. The van der Waals surface area contributed by atoms with Gasteiger partial charge in [-0.2, -0.15) is 0 Å². The van der Waals surface area contributed by atoms with Crippen molar-refractivity contribution in [2.75, 3.05) is 26.2 Å². The minimum absolute atomic E-state index is 0.514. The molecule has 0 saturated carbocycles. The normalized spacial score (nSPS) is 27.8. The predicted molar refractivity (Wildman–Crippen MR) is 78.9 cm³/mol. The average Bonchev–Trinajstić information content (AvgIpc) is 2.82. The molecule has 1 N–H and O–H groups in total. The number of piperidine rings is 1. The van der Waals surface area contributed by atoms with Gasteiger partial charge in [-0.25, -0.2) is 0 Å². The summed E-state index contributed by atoms with van der Waals surface area (Å²) in [5.74, 6) is 0.935. The molecule has 2 aliphatic heterocycles. The Labute approximate surface area is 114 Å². The molecule has 18 heavy (non-hydrogen) atoms. The summed E-state index contributed by atoms with van der Waals surface area (Å²) < 4.78 is 0. The lowest BCUT2D eigenvalue weighted by Gasteiger charge is -2.38. The molecule has 0 bridgehead atoms. The van der Waals surface area contributed by atoms with Gasteiger partial charge < -0.3 is 10.2 Å². The molecule has 0 aromatic heterocycles. The average molecular weight is 252 g/mol. The minimum atomic E-state index is 0.514. The topological polar surface area (TPSA) is 15.3 Å². The van der Waals surface area contributed by atoms with Crippen LogP contribution in [0.15, 0.2) is 0 Å². The summed E-state index contributed by atoms with van der Waals surface area (Å²) in [6.07, 6.45) is 8.39. The Kier molecular flexibility index (Phi) is 5.08. The molecule has 0 spiro atoms. The van der Waals surface area contributed by atoms with Crippen LogP contribution in [0.5, 0.6) is 0 Å². The Morgan fingerprint density at radius 1 is 1.11 bits per heavy atom. The fourth-order valence-electron chi connectivity index (χ4n) is 3.59. The minimum Gasteiger partial charge on any atom is -0.314 e. The van der Waals surface area contributed by atoms with Crippen LogP contribution in [0.1, 0.15) is 59.3 Å². The molecule has 0 aromatic rings. The van der Waals surface area contributed by atoms with Crippen molar-refractivity contribution < 1.29 is 0 Å². The van der Waals surface area contributed by atoms with Crippen LogP contribution >= 0.6 is 0 Å². The second-order valence-corrected chi connectivity index (χ2v) is 7.42. The van der Waals surface area contributed by atoms with Crippen LogP contribution in [0, 0.1) is 11.3 Å². The fraction of sp³-hybridized carbons (Fsp3) is 1.00. The number of nitrogens with zero attached hydrogens (tertiary/aromatic N) is 1. The van der Waals surface area contributed by atoms with Crippen molar-refractivity contribution in [3.05, 3.63) is 0 Å². The molecular formula is C16H32N2. The van der Waals surface area contributed by atoms with Gasteiger partial charge in [-0.15, -0.1) is 0 Å². The molecule has 1 atom stereocenters. The summed E-state index contributed by atoms with van der Waals surface area (Å²) in [5.41, 5.74) is 0.514. The molecule has 0 aliphatic carbocycles. The van der Waals surface area contributed by atoms with Gasteiger partial charge in [-0.3, -0.25) is 0 Å². The molecule has 0 radical (unpaired) electrons. The van der Waals surface area contributed by atoms with E-state index in [1.165, 1.54) is 64.7 Å². The monoisotopic (exact) mass is 252 g/mol. The van der Waals surface area contributed by atoms with E-state index in [0.717, 1.165) is 12.0 Å². The highest BCUT2D eigenvalue weighted by Gasteiger charge is 2.28. The van der Waals surface area contributed by atoms with Gasteiger partial charge in [0, 0.05) is 6.04 Å². The standard InChI is InChI=1S/C16H32N2/c1-16(2,3)14-8-12-18(13-9-14)11-5-7-15-6-4-10-17-15/h14-15,17H,4-13H2,1-3H3. The molecule has 2 nitrogen and oxygen atoms in total. The number of hydrogen-bond donors (Lipinski definition) is 1. The second kappa shape index (κ2) is 6.38. The third-order valence-electron chi connectivity index (χ3n) is 5.00. The second-order valence-electron chi connectivity index (χ2n) is 7.42. The van der Waals surface area contributed by atoms with E-state index in [4.69, 9.17) is 0 Å². The van der Waals surface area contributed by atoms with Gasteiger partial charge in [-0.1, -0.05) is 20.8 Å². The molecule has 2 heteroatoms. The lowest BCUT2D eigenvalue weighted by Crippen LogP contribution is -2.38. The van der Waals surface area contributed by atoms with Crippen molar-refractivity contribution in [2.24, 2.45) is 11.3 Å². The SMILES string of the molecule is CC(C)(C)C1CCN(CCCC2CCCN2)CC1. The number of likely N-dealkylation sites (tertiary alicyclic amines) is 1. The Morgan fingerprint density at radius 2 is 1.83 bits per heavy atom. The van der Waals surface area contributed by atoms with Gasteiger partial charge in [0.15, 0.2) is 0 Å². The van der Waals surface area contributed by atoms with Crippen molar-refractivity contribution in [1.29, 1.82) is 0 Å². The predicted octanol–water partition coefficient (Wildman–Crippen LogP) is 3.28. The maximum absolute atomic E-state index is 3.60. The molecular weight excluding hydrogens is 220 g/mol. The first-order valence-corrected chi connectivity index (χ1v) is 8.01. The molecule has 2 rings (SSSR count). The maximum Gasteiger partial charge on any atom is 0.00680 e. The smallest absolute Gasteiger partial charge is 0.00680 e. The molecule has 1 unspecified atom stereocenters. The number of rotatable bonds is 4. The van der Waals surface area contributed by atoms with E-state index in [1.54, 1.807) is 0 Å². The van der Waals surface area contributed by atoms with Gasteiger partial charge >= 0.3 is 0 Å². The van der Waals surface area contributed by atoms with E-state index in [-0.39, 0.29) is 0 Å². The summed E-state index contributed by atoms with van der Waals surface area (Å²) in [6, 6.07) is 0.831. The zero-order valence-electron chi connectivity index (χ0n) is 12.7. The lowest BCUT2D eigenvalue weighted by atomic mass is 9.75. The first-order valence-electron chi connectivity index (χ1n) is 8.01. The van der Waals surface area contributed by atoms with E-state index in [1.807, 2.05) is 0 Å². The van der Waals surface area contributed by atoms with Crippen LogP contribution in [0.4, 0.5) is 0 Å². The number of nitrogens with one attached hydrogen (secondary N) is 1. The molecule has 2 heterocycles. The molecule has 2 saturated heterocycles. The van der Waals surface area contributed by atoms with Gasteiger partial charge in [0.2, 0.25) is 0 Å². The Bertz CT molecular complexity index is 230. The van der Waals surface area contributed by atoms with Crippen molar-refractivity contribution in [1.82, 2.24) is 10.2 Å². The number of hydrogen-bond acceptors (Lipinski definition) is 2. The van der Waals surface area contributed by atoms with Gasteiger partial charge in [0.05, 0.1) is 0 Å². The van der Waals surface area contributed by atoms with Crippen LogP contribution in [0.25, 0.3) is 0 Å². The fourth-order valence-corrected chi connectivity index (χ4v) is 3.59. The highest BCUT2D eigenvalue weighted by atomic mass is 15.1. The van der Waals surface area contributed by atoms with E-state index in [0.29, 0.717) is 5.41 Å². The van der Waals surface area contributed by atoms with Crippen molar-refractivity contribution >= 4 is 0 Å². The first kappa shape index (κ1) is 14.3. The molecule has 2 aliphatic rings. The maximum atomic E-state index is 3.60. The van der Waals surface area contributed by atoms with Crippen LogP contribution < -0.4 is 5.32 Å². The van der Waals surface area contributed by atoms with E-state index < -0.39 is 0 Å². The molecule has 0 amide bonds. The van der Waals surface area contributed by atoms with Crippen molar-refractivity contribution in [3.8, 4) is 0 Å². The quantitative estimate of drug-likeness (QED) is 0.826. The Balaban J connectivity index is 1.58. The summed E-state index contributed by atoms with van der Waals surface area (Å²) >= 11 is 0. The van der Waals surface area contributed by atoms with Gasteiger partial charge in [0.25, 0.3) is 0 Å². The van der Waals surface area contributed by atoms with Crippen LogP contribution in [0.2, 0.25) is 0 Å². The van der Waals surface area contributed by atoms with Gasteiger partial charge in [-0.05, 0) is 76.0 Å². The summed E-state index contributed by atoms with van der Waals surface area (Å²) in [6.45, 7) is 12.5. The summed E-state index contributed by atoms with van der Waals surface area (Å²) in [5, 5.41) is 3.60. The lowest BCUT2D eigenvalue weighted by molar-refractivity contribution is 0.111. The largest absolute Gasteiger partial charge is 0.314 e. The Hall–Kier alpha value is -0.0800. The first-order chi connectivity index (χ1) is 8.55. The highest BCUT2D eigenvalue weighted by Crippen LogP contribution is 2.34. The van der Waals surface area contributed by atoms with E-state index >= 15 is 0 Å². The third-order valence-corrected chi connectivity index (χ3v) is 5.00. The van der Waals surface area contributed by atoms with E-state index in [2.05, 4.69) is 31.0 Å². The van der Waals surface area contributed by atoms with Crippen LogP contribution in [-0.2, 0) is 0 Å². The highest BCUT2D eigenvalue weighted by molar-refractivity contribution is 4.81.